The summed E-state index contributed by atoms with van der Waals surface area (Å²) < 4.78 is 0. The zero-order valence-corrected chi connectivity index (χ0v) is 14.7. The molecule has 0 aliphatic rings. The first-order valence-electron chi connectivity index (χ1n) is 7.56. The minimum absolute atomic E-state index is 0.100. The van der Waals surface area contributed by atoms with Crippen molar-refractivity contribution in [2.24, 2.45) is 0 Å². The summed E-state index contributed by atoms with van der Waals surface area (Å²) in [6.45, 7) is 13.2. The lowest BCUT2D eigenvalue weighted by atomic mass is 9.93. The van der Waals surface area contributed by atoms with Gasteiger partial charge >= 0.3 is 0 Å². The molecule has 1 aromatic carbocycles. The van der Waals surface area contributed by atoms with Crippen molar-refractivity contribution in [3.63, 3.8) is 0 Å². The Balaban J connectivity index is 2.42. The molecule has 2 nitrogen and oxygen atoms in total. The zero-order chi connectivity index (χ0) is 15.6. The number of aromatic nitrogens is 1. The van der Waals surface area contributed by atoms with Gasteiger partial charge in [-0.25, -0.2) is 4.98 Å². The maximum absolute atomic E-state index is 4.91. The number of hydrogen-bond donors (Lipinski definition) is 1. The number of thiazole rings is 1. The first-order valence-corrected chi connectivity index (χ1v) is 8.44. The third-order valence-electron chi connectivity index (χ3n) is 3.54. The Morgan fingerprint density at radius 1 is 1.14 bits per heavy atom. The molecule has 114 valence electrons. The van der Waals surface area contributed by atoms with E-state index in [1.54, 1.807) is 11.3 Å². The molecule has 1 atom stereocenters. The minimum atomic E-state index is 0.100. The van der Waals surface area contributed by atoms with E-state index in [4.69, 9.17) is 4.98 Å². The van der Waals surface area contributed by atoms with Crippen LogP contribution in [0.1, 0.15) is 62.5 Å². The van der Waals surface area contributed by atoms with Crippen molar-refractivity contribution in [3.8, 4) is 0 Å². The quantitative estimate of drug-likeness (QED) is 0.874. The third-order valence-corrected chi connectivity index (χ3v) is 4.45. The number of nitrogens with zero attached hydrogens (tertiary/aromatic N) is 1. The maximum Gasteiger partial charge on any atom is 0.114 e. The Morgan fingerprint density at radius 3 is 2.33 bits per heavy atom. The number of nitrogens with one attached hydrogen (secondary N) is 1. The zero-order valence-electron chi connectivity index (χ0n) is 13.9. The Hall–Kier alpha value is -1.19. The predicted molar refractivity (Wildman–Crippen MR) is 92.1 cm³/mol. The van der Waals surface area contributed by atoms with E-state index in [9.17, 15) is 0 Å². The van der Waals surface area contributed by atoms with Crippen LogP contribution < -0.4 is 5.32 Å². The van der Waals surface area contributed by atoms with Crippen LogP contribution in [0.2, 0.25) is 0 Å². The van der Waals surface area contributed by atoms with Crippen LogP contribution in [0, 0.1) is 6.92 Å². The lowest BCUT2D eigenvalue weighted by Gasteiger charge is -2.22. The highest BCUT2D eigenvalue weighted by atomic mass is 32.1. The van der Waals surface area contributed by atoms with Gasteiger partial charge in [0.05, 0.1) is 11.7 Å². The predicted octanol–water partition coefficient (Wildman–Crippen LogP) is 4.84. The van der Waals surface area contributed by atoms with Gasteiger partial charge in [0.15, 0.2) is 0 Å². The molecule has 0 saturated carbocycles. The fraction of sp³-hybridized carbons (Fsp3) is 0.500. The summed E-state index contributed by atoms with van der Waals surface area (Å²) in [6.07, 6.45) is 0. The van der Waals surface area contributed by atoms with Gasteiger partial charge in [-0.1, -0.05) is 45.0 Å². The summed E-state index contributed by atoms with van der Waals surface area (Å²) in [5.41, 5.74) is 3.90. The van der Waals surface area contributed by atoms with Crippen LogP contribution in [0.3, 0.4) is 0 Å². The van der Waals surface area contributed by atoms with Gasteiger partial charge in [-0.2, -0.15) is 0 Å². The second kappa shape index (κ2) is 6.29. The lowest BCUT2D eigenvalue weighted by Crippen LogP contribution is -2.29. The summed E-state index contributed by atoms with van der Waals surface area (Å²) >= 11 is 1.76. The second-order valence-electron chi connectivity index (χ2n) is 6.93. The van der Waals surface area contributed by atoms with Gasteiger partial charge in [0, 0.05) is 16.8 Å². The normalized spacial score (nSPS) is 13.7. The van der Waals surface area contributed by atoms with Gasteiger partial charge in [0.25, 0.3) is 0 Å². The molecule has 0 amide bonds. The van der Waals surface area contributed by atoms with Crippen molar-refractivity contribution in [2.45, 2.75) is 59.0 Å². The van der Waals surface area contributed by atoms with E-state index in [0.717, 1.165) is 5.01 Å². The van der Waals surface area contributed by atoms with Gasteiger partial charge in [-0.15, -0.1) is 11.3 Å². The molecule has 1 N–H and O–H groups in total. The Morgan fingerprint density at radius 2 is 1.81 bits per heavy atom. The van der Waals surface area contributed by atoms with E-state index in [2.05, 4.69) is 76.5 Å². The van der Waals surface area contributed by atoms with Crippen LogP contribution in [0.15, 0.2) is 29.6 Å². The van der Waals surface area contributed by atoms with Gasteiger partial charge < -0.3 is 5.32 Å². The smallest absolute Gasteiger partial charge is 0.114 e. The van der Waals surface area contributed by atoms with E-state index in [1.165, 1.54) is 16.8 Å². The Bertz CT molecular complexity index is 593. The highest BCUT2D eigenvalue weighted by Crippen LogP contribution is 2.31. The van der Waals surface area contributed by atoms with Crippen LogP contribution >= 0.6 is 11.3 Å². The minimum Gasteiger partial charge on any atom is -0.302 e. The molecule has 0 fully saturated rings. The van der Waals surface area contributed by atoms with Crippen LogP contribution in [-0.2, 0) is 5.41 Å². The van der Waals surface area contributed by atoms with Gasteiger partial charge in [-0.05, 0) is 31.9 Å². The number of benzene rings is 1. The summed E-state index contributed by atoms with van der Waals surface area (Å²) in [6, 6.07) is 9.16. The van der Waals surface area contributed by atoms with Gasteiger partial charge in [0.2, 0.25) is 0 Å². The summed E-state index contributed by atoms with van der Waals surface area (Å²) in [7, 11) is 0. The first kappa shape index (κ1) is 16.2. The molecule has 0 aliphatic carbocycles. The first-order chi connectivity index (χ1) is 9.79. The van der Waals surface area contributed by atoms with Crippen molar-refractivity contribution < 1.29 is 0 Å². The molecule has 1 heterocycles. The van der Waals surface area contributed by atoms with E-state index in [-0.39, 0.29) is 11.5 Å². The highest BCUT2D eigenvalue weighted by Gasteiger charge is 2.23. The summed E-state index contributed by atoms with van der Waals surface area (Å²) in [4.78, 5) is 4.91. The third kappa shape index (κ3) is 3.92. The molecule has 0 bridgehead atoms. The van der Waals surface area contributed by atoms with Crippen molar-refractivity contribution in [3.05, 3.63) is 51.5 Å². The van der Waals surface area contributed by atoms with Crippen molar-refractivity contribution in [1.29, 1.82) is 0 Å². The average Bonchev–Trinajstić information content (AvgIpc) is 2.86. The van der Waals surface area contributed by atoms with Crippen LogP contribution in [-0.4, -0.2) is 11.0 Å². The molecule has 3 heteroatoms. The largest absolute Gasteiger partial charge is 0.302 e. The molecule has 21 heavy (non-hydrogen) atoms. The number of rotatable bonds is 4. The van der Waals surface area contributed by atoms with Crippen molar-refractivity contribution in [1.82, 2.24) is 10.3 Å². The maximum atomic E-state index is 4.91. The lowest BCUT2D eigenvalue weighted by molar-refractivity contribution is 0.518. The summed E-state index contributed by atoms with van der Waals surface area (Å²) in [5.74, 6) is 0. The standard InChI is InChI=1S/C18H26N2S/c1-12(2)19-16(14-10-8-7-9-13(14)3)17-20-15(11-21-17)18(4,5)6/h7-12,16,19H,1-6H3. The van der Waals surface area contributed by atoms with E-state index < -0.39 is 0 Å². The average molecular weight is 302 g/mol. The summed E-state index contributed by atoms with van der Waals surface area (Å²) in [5, 5.41) is 7.02. The molecule has 1 aromatic heterocycles. The molecule has 0 radical (unpaired) electrons. The molecule has 0 saturated heterocycles. The van der Waals surface area contributed by atoms with E-state index >= 15 is 0 Å². The second-order valence-corrected chi connectivity index (χ2v) is 7.82. The van der Waals surface area contributed by atoms with Crippen molar-refractivity contribution in [2.75, 3.05) is 0 Å². The highest BCUT2D eigenvalue weighted by molar-refractivity contribution is 7.09. The molecule has 2 rings (SSSR count). The fourth-order valence-electron chi connectivity index (χ4n) is 2.30. The van der Waals surface area contributed by atoms with E-state index in [0.29, 0.717) is 6.04 Å². The van der Waals surface area contributed by atoms with Gasteiger partial charge in [-0.3, -0.25) is 0 Å². The van der Waals surface area contributed by atoms with Crippen LogP contribution in [0.4, 0.5) is 0 Å². The van der Waals surface area contributed by atoms with E-state index in [1.807, 2.05) is 0 Å². The molecular weight excluding hydrogens is 276 g/mol. The number of aryl methyl sites for hydroxylation is 1. The van der Waals surface area contributed by atoms with Crippen LogP contribution in [0.5, 0.6) is 0 Å². The van der Waals surface area contributed by atoms with Crippen molar-refractivity contribution >= 4 is 11.3 Å². The topological polar surface area (TPSA) is 24.9 Å². The molecule has 2 aromatic rings. The fourth-order valence-corrected chi connectivity index (χ4v) is 3.42. The SMILES string of the molecule is Cc1ccccc1C(NC(C)C)c1nc(C(C)(C)C)cs1. The molecule has 0 aliphatic heterocycles. The molecular formula is C18H26N2S. The monoisotopic (exact) mass is 302 g/mol. The van der Waals surface area contributed by atoms with Crippen LogP contribution in [0.25, 0.3) is 0 Å². The Labute approximate surface area is 132 Å². The molecule has 1 unspecified atom stereocenters. The molecule has 0 spiro atoms. The van der Waals surface area contributed by atoms with Gasteiger partial charge in [0.1, 0.15) is 5.01 Å². The Kier molecular flexibility index (Phi) is 4.84. The number of hydrogen-bond acceptors (Lipinski definition) is 3.